The van der Waals surface area contributed by atoms with Gasteiger partial charge in [-0.3, -0.25) is 4.79 Å². The molecule has 0 radical (unpaired) electrons. The van der Waals surface area contributed by atoms with Crippen LogP contribution in [0, 0.1) is 0 Å². The molecule has 25 heavy (non-hydrogen) atoms. The molecule has 1 amide bonds. The number of thiazole rings is 1. The summed E-state index contributed by atoms with van der Waals surface area (Å²) in [5.41, 5.74) is 1.79. The van der Waals surface area contributed by atoms with Crippen LogP contribution in [0.25, 0.3) is 20.9 Å². The number of carbonyl (C=O) groups excluding carboxylic acids is 1. The van der Waals surface area contributed by atoms with Crippen molar-refractivity contribution >= 4 is 27.5 Å². The van der Waals surface area contributed by atoms with E-state index < -0.39 is 0 Å². The first-order valence-corrected chi connectivity index (χ1v) is 9.05. The molecule has 0 aliphatic carbocycles. The second-order valence-electron chi connectivity index (χ2n) is 6.21. The fourth-order valence-electron chi connectivity index (χ4n) is 3.12. The average molecular weight is 354 g/mol. The third-order valence-corrected chi connectivity index (χ3v) is 5.15. The van der Waals surface area contributed by atoms with E-state index >= 15 is 0 Å². The van der Waals surface area contributed by atoms with Crippen LogP contribution >= 0.6 is 11.3 Å². The van der Waals surface area contributed by atoms with Gasteiger partial charge < -0.3 is 9.64 Å². The zero-order valence-electron chi connectivity index (χ0n) is 14.0. The maximum atomic E-state index is 13.0. The highest BCUT2D eigenvalue weighted by molar-refractivity contribution is 7.21. The van der Waals surface area contributed by atoms with Gasteiger partial charge in [0.2, 0.25) is 0 Å². The van der Waals surface area contributed by atoms with Crippen molar-refractivity contribution in [3.63, 3.8) is 0 Å². The lowest BCUT2D eigenvalue weighted by molar-refractivity contribution is -0.0587. The van der Waals surface area contributed by atoms with E-state index in [-0.39, 0.29) is 18.1 Å². The van der Waals surface area contributed by atoms with Crippen LogP contribution in [-0.4, -0.2) is 51.1 Å². The third-order valence-electron chi connectivity index (χ3n) is 4.10. The normalized spacial score (nSPS) is 20.8. The topological polar surface area (TPSA) is 68.2 Å². The molecule has 128 valence electrons. The molecule has 1 fully saturated rings. The number of amides is 1. The highest BCUT2D eigenvalue weighted by Crippen LogP contribution is 2.30. The first kappa shape index (κ1) is 16.1. The largest absolute Gasteiger partial charge is 0.372 e. The van der Waals surface area contributed by atoms with Gasteiger partial charge in [0.15, 0.2) is 5.69 Å². The van der Waals surface area contributed by atoms with Crippen molar-refractivity contribution in [1.82, 2.24) is 19.9 Å². The van der Waals surface area contributed by atoms with Crippen molar-refractivity contribution in [2.45, 2.75) is 26.1 Å². The SMILES string of the molecule is C[C@@H]1CN(C(=O)c2nccnc2-c2nc3ccccc3s2)C[C@H](C)O1. The molecule has 0 saturated carbocycles. The van der Waals surface area contributed by atoms with Gasteiger partial charge in [-0.05, 0) is 26.0 Å². The molecule has 2 atom stereocenters. The molecule has 3 heterocycles. The van der Waals surface area contributed by atoms with Crippen LogP contribution in [0.5, 0.6) is 0 Å². The molecule has 6 nitrogen and oxygen atoms in total. The van der Waals surface area contributed by atoms with Crippen LogP contribution in [0.4, 0.5) is 0 Å². The summed E-state index contributed by atoms with van der Waals surface area (Å²) in [6.45, 7) is 5.06. The van der Waals surface area contributed by atoms with E-state index in [0.717, 1.165) is 10.2 Å². The summed E-state index contributed by atoms with van der Waals surface area (Å²) in [6.07, 6.45) is 3.17. The molecule has 1 aromatic carbocycles. The Hall–Kier alpha value is -2.38. The maximum Gasteiger partial charge on any atom is 0.274 e. The predicted octanol–water partition coefficient (Wildman–Crippen LogP) is 3.00. The number of hydrogen-bond donors (Lipinski definition) is 0. The molecular weight excluding hydrogens is 336 g/mol. The standard InChI is InChI=1S/C18H18N4O2S/c1-11-9-22(10-12(2)24-11)18(23)16-15(19-7-8-20-16)17-21-13-5-3-4-6-14(13)25-17/h3-8,11-12H,9-10H2,1-2H3/t11-,12+. The van der Waals surface area contributed by atoms with Crippen LogP contribution in [0.15, 0.2) is 36.7 Å². The number of rotatable bonds is 2. The van der Waals surface area contributed by atoms with Gasteiger partial charge in [0.1, 0.15) is 10.7 Å². The van der Waals surface area contributed by atoms with Crippen LogP contribution < -0.4 is 0 Å². The summed E-state index contributed by atoms with van der Waals surface area (Å²) in [6, 6.07) is 7.90. The van der Waals surface area contributed by atoms with Crippen molar-refractivity contribution in [1.29, 1.82) is 0 Å². The van der Waals surface area contributed by atoms with Crippen LogP contribution in [0.1, 0.15) is 24.3 Å². The van der Waals surface area contributed by atoms with Gasteiger partial charge >= 0.3 is 0 Å². The summed E-state index contributed by atoms with van der Waals surface area (Å²) in [5, 5.41) is 0.715. The molecule has 7 heteroatoms. The van der Waals surface area contributed by atoms with Crippen LogP contribution in [0.2, 0.25) is 0 Å². The van der Waals surface area contributed by atoms with Gasteiger partial charge in [0, 0.05) is 25.5 Å². The predicted molar refractivity (Wildman–Crippen MR) is 96.6 cm³/mol. The second kappa shape index (κ2) is 6.50. The van der Waals surface area contributed by atoms with Crippen LogP contribution in [0.3, 0.4) is 0 Å². The Morgan fingerprint density at radius 2 is 1.88 bits per heavy atom. The summed E-state index contributed by atoms with van der Waals surface area (Å²) >= 11 is 1.52. The summed E-state index contributed by atoms with van der Waals surface area (Å²) in [4.78, 5) is 28.2. The minimum Gasteiger partial charge on any atom is -0.372 e. The Morgan fingerprint density at radius 1 is 1.16 bits per heavy atom. The van der Waals surface area contributed by atoms with Crippen molar-refractivity contribution in [2.75, 3.05) is 13.1 Å². The van der Waals surface area contributed by atoms with Gasteiger partial charge in [-0.15, -0.1) is 11.3 Å². The Bertz CT molecular complexity index is 883. The number of carbonyl (C=O) groups is 1. The van der Waals surface area contributed by atoms with Crippen molar-refractivity contribution in [3.8, 4) is 10.7 Å². The number of benzene rings is 1. The van der Waals surface area contributed by atoms with Gasteiger partial charge in [-0.2, -0.15) is 0 Å². The van der Waals surface area contributed by atoms with E-state index in [1.54, 1.807) is 17.3 Å². The fraction of sp³-hybridized carbons (Fsp3) is 0.333. The molecule has 0 N–H and O–H groups in total. The van der Waals surface area contributed by atoms with Gasteiger partial charge in [0.05, 0.1) is 22.4 Å². The van der Waals surface area contributed by atoms with E-state index in [2.05, 4.69) is 15.0 Å². The number of hydrogen-bond acceptors (Lipinski definition) is 6. The zero-order chi connectivity index (χ0) is 17.4. The summed E-state index contributed by atoms with van der Waals surface area (Å²) < 4.78 is 6.78. The molecule has 2 aromatic heterocycles. The molecule has 0 unspecified atom stereocenters. The Morgan fingerprint density at radius 3 is 2.64 bits per heavy atom. The fourth-order valence-corrected chi connectivity index (χ4v) is 4.08. The van der Waals surface area contributed by atoms with E-state index in [4.69, 9.17) is 4.74 Å². The minimum absolute atomic E-state index is 0.00951. The molecular formula is C18H18N4O2S. The molecule has 0 bridgehead atoms. The number of fused-ring (bicyclic) bond motifs is 1. The van der Waals surface area contributed by atoms with Gasteiger partial charge in [-0.1, -0.05) is 12.1 Å². The summed E-state index contributed by atoms with van der Waals surface area (Å²) in [5.74, 6) is -0.121. The number of nitrogens with zero attached hydrogens (tertiary/aromatic N) is 4. The lowest BCUT2D eigenvalue weighted by Crippen LogP contribution is -2.48. The quantitative estimate of drug-likeness (QED) is 0.708. The monoisotopic (exact) mass is 354 g/mol. The number of morpholine rings is 1. The van der Waals surface area contributed by atoms with E-state index in [9.17, 15) is 4.79 Å². The molecule has 0 spiro atoms. The molecule has 3 aromatic rings. The van der Waals surface area contributed by atoms with Crippen molar-refractivity contribution in [3.05, 3.63) is 42.4 Å². The molecule has 1 aliphatic rings. The van der Waals surface area contributed by atoms with Gasteiger partial charge in [0.25, 0.3) is 5.91 Å². The van der Waals surface area contributed by atoms with Crippen molar-refractivity contribution in [2.24, 2.45) is 0 Å². The zero-order valence-corrected chi connectivity index (χ0v) is 14.9. The summed E-state index contributed by atoms with van der Waals surface area (Å²) in [7, 11) is 0. The minimum atomic E-state index is -0.121. The first-order chi connectivity index (χ1) is 12.1. The smallest absolute Gasteiger partial charge is 0.274 e. The molecule has 1 saturated heterocycles. The van der Waals surface area contributed by atoms with Crippen molar-refractivity contribution < 1.29 is 9.53 Å². The lowest BCUT2D eigenvalue weighted by Gasteiger charge is -2.35. The van der Waals surface area contributed by atoms with E-state index in [0.29, 0.717) is 29.5 Å². The lowest BCUT2D eigenvalue weighted by atomic mass is 10.2. The Labute approximate surface area is 149 Å². The molecule has 4 rings (SSSR count). The average Bonchev–Trinajstić information content (AvgIpc) is 3.04. The van der Waals surface area contributed by atoms with E-state index in [1.165, 1.54) is 11.3 Å². The Kier molecular flexibility index (Phi) is 4.19. The Balaban J connectivity index is 1.72. The highest BCUT2D eigenvalue weighted by Gasteiger charge is 2.29. The number of aromatic nitrogens is 3. The second-order valence-corrected chi connectivity index (χ2v) is 7.24. The molecule has 1 aliphatic heterocycles. The number of ether oxygens (including phenoxy) is 1. The van der Waals surface area contributed by atoms with Gasteiger partial charge in [-0.25, -0.2) is 15.0 Å². The highest BCUT2D eigenvalue weighted by atomic mass is 32.1. The third kappa shape index (κ3) is 3.12. The maximum absolute atomic E-state index is 13.0. The number of para-hydroxylation sites is 1. The van der Waals surface area contributed by atoms with Crippen LogP contribution in [-0.2, 0) is 4.74 Å². The first-order valence-electron chi connectivity index (χ1n) is 8.23. The van der Waals surface area contributed by atoms with E-state index in [1.807, 2.05) is 38.1 Å².